The molecule has 25 heavy (non-hydrogen) atoms. The Hall–Kier alpha value is -2.94. The number of nitrogen functional groups attached to an aromatic ring is 1. The Labute approximate surface area is 147 Å². The molecule has 0 aliphatic rings. The standard InChI is InChI=1S/C16H16N4O4S/c1-23-11-4-2-10(3-5-11)8-14-18-19-16(20(14)17)25-9-12-6-7-13(24-12)15(21)22/h2-7H,8-9,17H2,1H3,(H,21,22). The number of furan rings is 1. The Morgan fingerprint density at radius 3 is 2.68 bits per heavy atom. The zero-order valence-corrected chi connectivity index (χ0v) is 14.2. The first-order chi connectivity index (χ1) is 12.1. The molecule has 0 unspecified atom stereocenters. The number of carboxylic acid groups (broad SMARTS) is 1. The van der Waals surface area contributed by atoms with E-state index >= 15 is 0 Å². The molecule has 0 radical (unpaired) electrons. The van der Waals surface area contributed by atoms with Crippen molar-refractivity contribution in [2.45, 2.75) is 17.3 Å². The highest BCUT2D eigenvalue weighted by Gasteiger charge is 2.13. The normalized spacial score (nSPS) is 10.8. The van der Waals surface area contributed by atoms with Crippen molar-refractivity contribution in [2.75, 3.05) is 13.0 Å². The van der Waals surface area contributed by atoms with Crippen LogP contribution in [0.3, 0.4) is 0 Å². The van der Waals surface area contributed by atoms with E-state index in [0.717, 1.165) is 11.3 Å². The molecule has 1 aromatic carbocycles. The van der Waals surface area contributed by atoms with Crippen LogP contribution in [0.1, 0.15) is 27.7 Å². The van der Waals surface area contributed by atoms with E-state index in [1.165, 1.54) is 22.5 Å². The van der Waals surface area contributed by atoms with E-state index in [4.69, 9.17) is 20.1 Å². The predicted octanol–water partition coefficient (Wildman–Crippen LogP) is 2.17. The average molecular weight is 360 g/mol. The predicted molar refractivity (Wildman–Crippen MR) is 91.2 cm³/mol. The number of nitrogens with zero attached hydrogens (tertiary/aromatic N) is 3. The minimum atomic E-state index is -1.10. The zero-order chi connectivity index (χ0) is 17.8. The molecule has 2 aromatic heterocycles. The van der Waals surface area contributed by atoms with Crippen LogP contribution < -0.4 is 10.6 Å². The second-order valence-corrected chi connectivity index (χ2v) is 6.10. The number of ether oxygens (including phenoxy) is 1. The van der Waals surface area contributed by atoms with Gasteiger partial charge in [-0.15, -0.1) is 10.2 Å². The van der Waals surface area contributed by atoms with Crippen LogP contribution >= 0.6 is 11.8 Å². The van der Waals surface area contributed by atoms with Gasteiger partial charge in [0.1, 0.15) is 11.5 Å². The second-order valence-electron chi connectivity index (χ2n) is 5.15. The Morgan fingerprint density at radius 2 is 2.04 bits per heavy atom. The summed E-state index contributed by atoms with van der Waals surface area (Å²) in [6.07, 6.45) is 0.540. The first-order valence-corrected chi connectivity index (χ1v) is 8.32. The topological polar surface area (TPSA) is 116 Å². The molecule has 2 heterocycles. The maximum absolute atomic E-state index is 10.8. The summed E-state index contributed by atoms with van der Waals surface area (Å²) < 4.78 is 11.8. The van der Waals surface area contributed by atoms with Crippen LogP contribution in [0.15, 0.2) is 46.0 Å². The first kappa shape index (κ1) is 16.9. The van der Waals surface area contributed by atoms with Gasteiger partial charge in [0.25, 0.3) is 0 Å². The van der Waals surface area contributed by atoms with E-state index < -0.39 is 5.97 Å². The van der Waals surface area contributed by atoms with Crippen LogP contribution in [0.2, 0.25) is 0 Å². The van der Waals surface area contributed by atoms with Crippen LogP contribution in [0.4, 0.5) is 0 Å². The van der Waals surface area contributed by atoms with Crippen molar-refractivity contribution in [2.24, 2.45) is 0 Å². The molecule has 0 saturated heterocycles. The number of carbonyl (C=O) groups is 1. The minimum absolute atomic E-state index is 0.0926. The number of benzene rings is 1. The summed E-state index contributed by atoms with van der Waals surface area (Å²) in [4.78, 5) is 10.8. The number of aromatic carboxylic acids is 1. The molecule has 0 fully saturated rings. The van der Waals surface area contributed by atoms with Gasteiger partial charge in [-0.2, -0.15) is 0 Å². The van der Waals surface area contributed by atoms with Gasteiger partial charge in [0.2, 0.25) is 10.9 Å². The van der Waals surface area contributed by atoms with Crippen molar-refractivity contribution in [3.63, 3.8) is 0 Å². The summed E-state index contributed by atoms with van der Waals surface area (Å²) in [7, 11) is 1.62. The molecule has 3 N–H and O–H groups in total. The van der Waals surface area contributed by atoms with Gasteiger partial charge in [-0.25, -0.2) is 9.47 Å². The third-order valence-corrected chi connectivity index (χ3v) is 4.44. The van der Waals surface area contributed by atoms with Crippen molar-refractivity contribution < 1.29 is 19.1 Å². The number of hydrogen-bond acceptors (Lipinski definition) is 7. The Balaban J connectivity index is 1.64. The van der Waals surface area contributed by atoms with Gasteiger partial charge in [0.05, 0.1) is 12.9 Å². The second kappa shape index (κ2) is 7.31. The van der Waals surface area contributed by atoms with Gasteiger partial charge in [-0.05, 0) is 29.8 Å². The minimum Gasteiger partial charge on any atom is -0.497 e. The number of thioether (sulfide) groups is 1. The fraction of sp³-hybridized carbons (Fsp3) is 0.188. The third-order valence-electron chi connectivity index (χ3n) is 3.47. The molecule has 130 valence electrons. The summed E-state index contributed by atoms with van der Waals surface area (Å²) in [5, 5.41) is 17.6. The van der Waals surface area contributed by atoms with E-state index in [1.807, 2.05) is 24.3 Å². The fourth-order valence-electron chi connectivity index (χ4n) is 2.16. The summed E-state index contributed by atoms with van der Waals surface area (Å²) in [5.74, 6) is 7.20. The lowest BCUT2D eigenvalue weighted by Crippen LogP contribution is -2.14. The van der Waals surface area contributed by atoms with Crippen molar-refractivity contribution in [3.05, 3.63) is 59.3 Å². The highest BCUT2D eigenvalue weighted by molar-refractivity contribution is 7.98. The molecular weight excluding hydrogens is 344 g/mol. The summed E-state index contributed by atoms with van der Waals surface area (Å²) in [5.41, 5.74) is 1.04. The van der Waals surface area contributed by atoms with Crippen LogP contribution in [-0.2, 0) is 12.2 Å². The van der Waals surface area contributed by atoms with Crippen molar-refractivity contribution >= 4 is 17.7 Å². The number of methoxy groups -OCH3 is 1. The quantitative estimate of drug-likeness (QED) is 0.486. The molecule has 0 bridgehead atoms. The molecule has 0 saturated carbocycles. The lowest BCUT2D eigenvalue weighted by Gasteiger charge is -2.04. The number of rotatable bonds is 7. The van der Waals surface area contributed by atoms with Gasteiger partial charge in [-0.1, -0.05) is 23.9 Å². The van der Waals surface area contributed by atoms with Crippen LogP contribution in [0.25, 0.3) is 0 Å². The van der Waals surface area contributed by atoms with Crippen LogP contribution in [0, 0.1) is 0 Å². The van der Waals surface area contributed by atoms with Gasteiger partial charge in [-0.3, -0.25) is 0 Å². The lowest BCUT2D eigenvalue weighted by atomic mass is 10.1. The maximum Gasteiger partial charge on any atom is 0.371 e. The van der Waals surface area contributed by atoms with E-state index in [1.54, 1.807) is 13.2 Å². The van der Waals surface area contributed by atoms with Gasteiger partial charge < -0.3 is 20.1 Å². The molecule has 0 atom stereocenters. The number of carboxylic acids is 1. The van der Waals surface area contributed by atoms with Crippen molar-refractivity contribution in [3.8, 4) is 5.75 Å². The molecular formula is C16H16N4O4S. The average Bonchev–Trinajstić information content (AvgIpc) is 3.22. The summed E-state index contributed by atoms with van der Waals surface area (Å²) in [6, 6.07) is 10.7. The van der Waals surface area contributed by atoms with Gasteiger partial charge in [0, 0.05) is 6.42 Å². The Morgan fingerprint density at radius 1 is 1.28 bits per heavy atom. The largest absolute Gasteiger partial charge is 0.497 e. The third kappa shape index (κ3) is 3.94. The molecule has 0 amide bonds. The van der Waals surface area contributed by atoms with Gasteiger partial charge in [0.15, 0.2) is 5.82 Å². The fourth-order valence-corrected chi connectivity index (χ4v) is 2.93. The van der Waals surface area contributed by atoms with E-state index in [0.29, 0.717) is 28.9 Å². The highest BCUT2D eigenvalue weighted by Crippen LogP contribution is 2.23. The highest BCUT2D eigenvalue weighted by atomic mass is 32.2. The van der Waals surface area contributed by atoms with E-state index in [2.05, 4.69) is 10.2 Å². The molecule has 0 aliphatic heterocycles. The van der Waals surface area contributed by atoms with Crippen LogP contribution in [-0.4, -0.2) is 33.1 Å². The van der Waals surface area contributed by atoms with Gasteiger partial charge >= 0.3 is 5.97 Å². The zero-order valence-electron chi connectivity index (χ0n) is 13.4. The number of hydrogen-bond donors (Lipinski definition) is 2. The Bertz CT molecular complexity index is 873. The summed E-state index contributed by atoms with van der Waals surface area (Å²) >= 11 is 1.32. The maximum atomic E-state index is 10.8. The monoisotopic (exact) mass is 360 g/mol. The molecule has 0 spiro atoms. The lowest BCUT2D eigenvalue weighted by molar-refractivity contribution is 0.0661. The number of nitrogens with two attached hydrogens (primary N) is 1. The Kier molecular flexibility index (Phi) is 4.94. The molecule has 9 heteroatoms. The molecule has 8 nitrogen and oxygen atoms in total. The summed E-state index contributed by atoms with van der Waals surface area (Å²) in [6.45, 7) is 0. The molecule has 3 aromatic rings. The van der Waals surface area contributed by atoms with Crippen molar-refractivity contribution in [1.82, 2.24) is 14.9 Å². The van der Waals surface area contributed by atoms with Crippen molar-refractivity contribution in [1.29, 1.82) is 0 Å². The first-order valence-electron chi connectivity index (χ1n) is 7.34. The van der Waals surface area contributed by atoms with E-state index in [-0.39, 0.29) is 5.76 Å². The van der Waals surface area contributed by atoms with Crippen LogP contribution in [0.5, 0.6) is 5.75 Å². The molecule has 3 rings (SSSR count). The number of aromatic nitrogens is 3. The smallest absolute Gasteiger partial charge is 0.371 e. The molecule has 0 aliphatic carbocycles. The van der Waals surface area contributed by atoms with E-state index in [9.17, 15) is 4.79 Å². The SMILES string of the molecule is COc1ccc(Cc2nnc(SCc3ccc(C(=O)O)o3)n2N)cc1.